The summed E-state index contributed by atoms with van der Waals surface area (Å²) in [6.45, 7) is 2.12. The molecule has 0 aliphatic rings. The lowest BCUT2D eigenvalue weighted by atomic mass is 9.96. The molecule has 1 unspecified atom stereocenters. The van der Waals surface area contributed by atoms with Crippen LogP contribution in [0.4, 0.5) is 0 Å². The third-order valence-corrected chi connectivity index (χ3v) is 4.23. The van der Waals surface area contributed by atoms with Crippen molar-refractivity contribution in [2.75, 3.05) is 0 Å². The third-order valence-electron chi connectivity index (χ3n) is 3.37. The maximum Gasteiger partial charge on any atom is 0.0727 e. The van der Waals surface area contributed by atoms with Gasteiger partial charge in [-0.15, -0.1) is 11.3 Å². The third kappa shape index (κ3) is 2.14. The first-order valence-electron chi connectivity index (χ1n) is 6.15. The fourth-order valence-electron chi connectivity index (χ4n) is 2.42. The zero-order valence-corrected chi connectivity index (χ0v) is 11.4. The first kappa shape index (κ1) is 12.3. The van der Waals surface area contributed by atoms with E-state index < -0.39 is 0 Å². The first-order valence-corrected chi connectivity index (χ1v) is 7.03. The second-order valence-corrected chi connectivity index (χ2v) is 5.57. The summed E-state index contributed by atoms with van der Waals surface area (Å²) in [5.74, 6) is 5.79. The molecule has 2 heterocycles. The molecule has 0 saturated carbocycles. The van der Waals surface area contributed by atoms with Gasteiger partial charge in [0, 0.05) is 16.5 Å². The van der Waals surface area contributed by atoms with Gasteiger partial charge < -0.3 is 0 Å². The van der Waals surface area contributed by atoms with Crippen molar-refractivity contribution in [1.82, 2.24) is 10.4 Å². The zero-order chi connectivity index (χ0) is 13.2. The van der Waals surface area contributed by atoms with Crippen LogP contribution >= 0.6 is 11.3 Å². The van der Waals surface area contributed by atoms with E-state index in [1.54, 1.807) is 11.3 Å². The standard InChI is InChI=1S/C15H15N3S/c1-10-11(7-9-19-10)15(18-16)13-4-2-6-14-12(13)5-3-8-17-14/h2-9,15,18H,16H2,1H3. The molecule has 96 valence electrons. The Kier molecular flexibility index (Phi) is 3.29. The molecule has 0 aliphatic heterocycles. The predicted molar refractivity (Wildman–Crippen MR) is 80.0 cm³/mol. The molecule has 0 aliphatic carbocycles. The maximum absolute atomic E-state index is 5.79. The highest BCUT2D eigenvalue weighted by molar-refractivity contribution is 7.10. The smallest absolute Gasteiger partial charge is 0.0727 e. The lowest BCUT2D eigenvalue weighted by Gasteiger charge is -2.18. The van der Waals surface area contributed by atoms with E-state index >= 15 is 0 Å². The molecule has 3 N–H and O–H groups in total. The second-order valence-electron chi connectivity index (χ2n) is 4.45. The minimum Gasteiger partial charge on any atom is -0.271 e. The number of hydrazine groups is 1. The average Bonchev–Trinajstić information content (AvgIpc) is 2.86. The van der Waals surface area contributed by atoms with Crippen molar-refractivity contribution in [3.05, 3.63) is 64.0 Å². The molecule has 0 spiro atoms. The Morgan fingerprint density at radius 2 is 2.05 bits per heavy atom. The lowest BCUT2D eigenvalue weighted by Crippen LogP contribution is -2.29. The highest BCUT2D eigenvalue weighted by Gasteiger charge is 2.17. The van der Waals surface area contributed by atoms with E-state index in [1.165, 1.54) is 10.4 Å². The Morgan fingerprint density at radius 1 is 1.16 bits per heavy atom. The van der Waals surface area contributed by atoms with Crippen LogP contribution in [0.25, 0.3) is 10.9 Å². The quantitative estimate of drug-likeness (QED) is 0.567. The summed E-state index contributed by atoms with van der Waals surface area (Å²) in [4.78, 5) is 5.68. The van der Waals surface area contributed by atoms with Crippen molar-refractivity contribution < 1.29 is 0 Å². The number of aromatic nitrogens is 1. The Bertz CT molecular complexity index is 700. The number of nitrogens with one attached hydrogen (secondary N) is 1. The fourth-order valence-corrected chi connectivity index (χ4v) is 3.16. The molecule has 0 saturated heterocycles. The molecule has 3 nitrogen and oxygen atoms in total. The summed E-state index contributed by atoms with van der Waals surface area (Å²) in [5, 5.41) is 3.23. The van der Waals surface area contributed by atoms with Gasteiger partial charge in [0.15, 0.2) is 0 Å². The zero-order valence-electron chi connectivity index (χ0n) is 10.6. The summed E-state index contributed by atoms with van der Waals surface area (Å²) < 4.78 is 0. The SMILES string of the molecule is Cc1sccc1C(NN)c1cccc2ncccc12. The summed E-state index contributed by atoms with van der Waals surface area (Å²) in [6, 6.07) is 12.3. The van der Waals surface area contributed by atoms with Gasteiger partial charge in [0.1, 0.15) is 0 Å². The van der Waals surface area contributed by atoms with Crippen LogP contribution in [-0.2, 0) is 0 Å². The normalized spacial score (nSPS) is 12.7. The van der Waals surface area contributed by atoms with Crippen LogP contribution in [0, 0.1) is 6.92 Å². The van der Waals surface area contributed by atoms with Crippen molar-refractivity contribution in [3.8, 4) is 0 Å². The highest BCUT2D eigenvalue weighted by Crippen LogP contribution is 2.31. The molecule has 3 rings (SSSR count). The molecular weight excluding hydrogens is 254 g/mol. The first-order chi connectivity index (χ1) is 9.31. The number of thiophene rings is 1. The molecule has 1 atom stereocenters. The van der Waals surface area contributed by atoms with Crippen molar-refractivity contribution >= 4 is 22.2 Å². The van der Waals surface area contributed by atoms with Gasteiger partial charge in [-0.1, -0.05) is 18.2 Å². The van der Waals surface area contributed by atoms with Gasteiger partial charge in [0.25, 0.3) is 0 Å². The van der Waals surface area contributed by atoms with E-state index in [4.69, 9.17) is 5.84 Å². The molecule has 2 aromatic heterocycles. The van der Waals surface area contributed by atoms with Crippen LogP contribution in [0.5, 0.6) is 0 Å². The van der Waals surface area contributed by atoms with Crippen LogP contribution in [0.2, 0.25) is 0 Å². The molecule has 0 bridgehead atoms. The molecule has 0 fully saturated rings. The van der Waals surface area contributed by atoms with Gasteiger partial charge in [-0.3, -0.25) is 10.8 Å². The van der Waals surface area contributed by atoms with Gasteiger partial charge in [-0.25, -0.2) is 5.43 Å². The van der Waals surface area contributed by atoms with E-state index in [2.05, 4.69) is 40.9 Å². The van der Waals surface area contributed by atoms with Crippen LogP contribution in [0.1, 0.15) is 22.0 Å². The molecule has 3 aromatic rings. The Balaban J connectivity index is 2.20. The summed E-state index contributed by atoms with van der Waals surface area (Å²) in [5.41, 5.74) is 6.31. The summed E-state index contributed by atoms with van der Waals surface area (Å²) in [7, 11) is 0. The van der Waals surface area contributed by atoms with Gasteiger partial charge in [0.05, 0.1) is 11.6 Å². The fraction of sp³-hybridized carbons (Fsp3) is 0.133. The Labute approximate surface area is 116 Å². The van der Waals surface area contributed by atoms with E-state index in [0.29, 0.717) is 0 Å². The van der Waals surface area contributed by atoms with Gasteiger partial charge in [0.2, 0.25) is 0 Å². The predicted octanol–water partition coefficient (Wildman–Crippen LogP) is 3.16. The van der Waals surface area contributed by atoms with Crippen molar-refractivity contribution in [1.29, 1.82) is 0 Å². The average molecular weight is 269 g/mol. The van der Waals surface area contributed by atoms with Crippen LogP contribution in [0.15, 0.2) is 48.0 Å². The van der Waals surface area contributed by atoms with Crippen LogP contribution < -0.4 is 11.3 Å². The van der Waals surface area contributed by atoms with Crippen molar-refractivity contribution in [2.45, 2.75) is 13.0 Å². The van der Waals surface area contributed by atoms with Crippen LogP contribution in [-0.4, -0.2) is 4.98 Å². The molecule has 0 amide bonds. The van der Waals surface area contributed by atoms with E-state index in [0.717, 1.165) is 16.5 Å². The number of nitrogens with zero attached hydrogens (tertiary/aromatic N) is 1. The number of nitrogens with two attached hydrogens (primary N) is 1. The number of hydrogen-bond acceptors (Lipinski definition) is 4. The lowest BCUT2D eigenvalue weighted by molar-refractivity contribution is 0.640. The van der Waals surface area contributed by atoms with Crippen molar-refractivity contribution in [3.63, 3.8) is 0 Å². The van der Waals surface area contributed by atoms with Crippen LogP contribution in [0.3, 0.4) is 0 Å². The Morgan fingerprint density at radius 3 is 2.79 bits per heavy atom. The largest absolute Gasteiger partial charge is 0.271 e. The molecule has 19 heavy (non-hydrogen) atoms. The van der Waals surface area contributed by atoms with E-state index in [-0.39, 0.29) is 6.04 Å². The molecular formula is C15H15N3S. The molecule has 0 radical (unpaired) electrons. The number of aryl methyl sites for hydroxylation is 1. The Hall–Kier alpha value is -1.75. The van der Waals surface area contributed by atoms with E-state index in [9.17, 15) is 0 Å². The molecule has 1 aromatic carbocycles. The van der Waals surface area contributed by atoms with Gasteiger partial charge >= 0.3 is 0 Å². The van der Waals surface area contributed by atoms with Crippen molar-refractivity contribution in [2.24, 2.45) is 5.84 Å². The number of rotatable bonds is 3. The highest BCUT2D eigenvalue weighted by atomic mass is 32.1. The number of pyridine rings is 1. The topological polar surface area (TPSA) is 50.9 Å². The van der Waals surface area contributed by atoms with Gasteiger partial charge in [-0.2, -0.15) is 0 Å². The van der Waals surface area contributed by atoms with Gasteiger partial charge in [-0.05, 0) is 41.6 Å². The minimum absolute atomic E-state index is 0.000787. The number of benzene rings is 1. The minimum atomic E-state index is -0.000787. The number of hydrogen-bond donors (Lipinski definition) is 2. The number of fused-ring (bicyclic) bond motifs is 1. The van der Waals surface area contributed by atoms with E-state index in [1.807, 2.05) is 24.4 Å². The monoisotopic (exact) mass is 269 g/mol. The molecule has 4 heteroatoms. The summed E-state index contributed by atoms with van der Waals surface area (Å²) >= 11 is 1.74. The summed E-state index contributed by atoms with van der Waals surface area (Å²) in [6.07, 6.45) is 1.81. The second kappa shape index (κ2) is 5.09. The maximum atomic E-state index is 5.79.